The number of guanidine groups is 1. The van der Waals surface area contributed by atoms with Crippen molar-refractivity contribution in [3.8, 4) is 5.75 Å². The van der Waals surface area contributed by atoms with Crippen LogP contribution in [0.3, 0.4) is 0 Å². The Hall–Kier alpha value is -2.65. The van der Waals surface area contributed by atoms with E-state index in [4.69, 9.17) is 10.5 Å². The SMILES string of the molecule is CCOC(=O)N1CCC(NC(N)=NCc2ccc(OCC(F)(F)F)cc2)CC1. The van der Waals surface area contributed by atoms with Crippen molar-refractivity contribution in [1.82, 2.24) is 10.2 Å². The fourth-order valence-electron chi connectivity index (χ4n) is 2.71. The maximum absolute atomic E-state index is 12.1. The molecular formula is C18H25F3N4O3. The van der Waals surface area contributed by atoms with Gasteiger partial charge in [-0.3, -0.25) is 0 Å². The van der Waals surface area contributed by atoms with Crippen LogP contribution in [0.15, 0.2) is 29.3 Å². The van der Waals surface area contributed by atoms with E-state index in [9.17, 15) is 18.0 Å². The van der Waals surface area contributed by atoms with E-state index in [0.29, 0.717) is 26.2 Å². The molecule has 156 valence electrons. The number of halogens is 3. The fraction of sp³-hybridized carbons (Fsp3) is 0.556. The fourth-order valence-corrected chi connectivity index (χ4v) is 2.71. The number of benzene rings is 1. The molecule has 0 radical (unpaired) electrons. The van der Waals surface area contributed by atoms with E-state index >= 15 is 0 Å². The average Bonchev–Trinajstić information content (AvgIpc) is 2.66. The minimum absolute atomic E-state index is 0.118. The first-order valence-electron chi connectivity index (χ1n) is 9.03. The van der Waals surface area contributed by atoms with Gasteiger partial charge in [0.25, 0.3) is 0 Å². The van der Waals surface area contributed by atoms with Crippen LogP contribution in [-0.2, 0) is 11.3 Å². The van der Waals surface area contributed by atoms with Crippen LogP contribution in [0.5, 0.6) is 5.75 Å². The number of hydrogen-bond acceptors (Lipinski definition) is 4. The first-order valence-corrected chi connectivity index (χ1v) is 9.03. The molecule has 28 heavy (non-hydrogen) atoms. The second kappa shape index (κ2) is 10.0. The molecule has 1 aliphatic rings. The Morgan fingerprint density at radius 3 is 2.50 bits per heavy atom. The highest BCUT2D eigenvalue weighted by molar-refractivity contribution is 5.78. The number of amides is 1. The number of ether oxygens (including phenoxy) is 2. The van der Waals surface area contributed by atoms with Gasteiger partial charge in [0.05, 0.1) is 13.2 Å². The number of piperidine rings is 1. The van der Waals surface area contributed by atoms with Gasteiger partial charge in [-0.25, -0.2) is 9.79 Å². The van der Waals surface area contributed by atoms with E-state index < -0.39 is 12.8 Å². The van der Waals surface area contributed by atoms with Crippen molar-refractivity contribution >= 4 is 12.1 Å². The Labute approximate surface area is 161 Å². The number of nitrogens with two attached hydrogens (primary N) is 1. The molecule has 7 nitrogen and oxygen atoms in total. The van der Waals surface area contributed by atoms with Crippen LogP contribution < -0.4 is 15.8 Å². The van der Waals surface area contributed by atoms with Crippen LogP contribution in [0.4, 0.5) is 18.0 Å². The van der Waals surface area contributed by atoms with Crippen LogP contribution in [0.25, 0.3) is 0 Å². The van der Waals surface area contributed by atoms with Gasteiger partial charge >= 0.3 is 12.3 Å². The summed E-state index contributed by atoms with van der Waals surface area (Å²) in [4.78, 5) is 17.6. The number of carbonyl (C=O) groups excluding carboxylic acids is 1. The van der Waals surface area contributed by atoms with Gasteiger partial charge in [-0.15, -0.1) is 0 Å². The third-order valence-corrected chi connectivity index (χ3v) is 4.13. The van der Waals surface area contributed by atoms with Crippen LogP contribution in [0, 0.1) is 0 Å². The van der Waals surface area contributed by atoms with Gasteiger partial charge in [-0.2, -0.15) is 13.2 Å². The zero-order valence-corrected chi connectivity index (χ0v) is 15.7. The second-order valence-corrected chi connectivity index (χ2v) is 6.35. The molecular weight excluding hydrogens is 377 g/mol. The van der Waals surface area contributed by atoms with Gasteiger partial charge in [-0.05, 0) is 37.5 Å². The Bertz CT molecular complexity index is 657. The van der Waals surface area contributed by atoms with Crippen molar-refractivity contribution < 1.29 is 27.4 Å². The van der Waals surface area contributed by atoms with Gasteiger partial charge in [-0.1, -0.05) is 12.1 Å². The molecule has 0 aromatic heterocycles. The molecule has 0 bridgehead atoms. The van der Waals surface area contributed by atoms with Gasteiger partial charge in [0.1, 0.15) is 5.75 Å². The lowest BCUT2D eigenvalue weighted by Crippen LogP contribution is -2.48. The summed E-state index contributed by atoms with van der Waals surface area (Å²) in [5.74, 6) is 0.427. The molecule has 0 saturated carbocycles. The number of nitrogens with zero attached hydrogens (tertiary/aromatic N) is 2. The third kappa shape index (κ3) is 7.53. The predicted octanol–water partition coefficient (Wildman–Crippen LogP) is 2.65. The van der Waals surface area contributed by atoms with Gasteiger partial charge < -0.3 is 25.4 Å². The standard InChI is InChI=1S/C18H25F3N4O3/c1-2-27-17(26)25-9-7-14(8-10-25)24-16(22)23-11-13-3-5-15(6-4-13)28-12-18(19,20)21/h3-6,14H,2,7-12H2,1H3,(H3,22,23,24). The molecule has 0 atom stereocenters. The monoisotopic (exact) mass is 402 g/mol. The van der Waals surface area contributed by atoms with Crippen LogP contribution in [-0.4, -0.2) is 55.5 Å². The van der Waals surface area contributed by atoms with Gasteiger partial charge in [0.2, 0.25) is 0 Å². The molecule has 1 amide bonds. The number of rotatable bonds is 6. The minimum Gasteiger partial charge on any atom is -0.484 e. The molecule has 1 heterocycles. The molecule has 0 spiro atoms. The largest absolute Gasteiger partial charge is 0.484 e. The van der Waals surface area contributed by atoms with Crippen LogP contribution in [0.2, 0.25) is 0 Å². The van der Waals surface area contributed by atoms with Gasteiger partial charge in [0.15, 0.2) is 12.6 Å². The summed E-state index contributed by atoms with van der Waals surface area (Å²) in [7, 11) is 0. The number of alkyl halides is 3. The smallest absolute Gasteiger partial charge is 0.422 e. The third-order valence-electron chi connectivity index (χ3n) is 4.13. The van der Waals surface area contributed by atoms with Gasteiger partial charge in [0, 0.05) is 19.1 Å². The maximum Gasteiger partial charge on any atom is 0.422 e. The van der Waals surface area contributed by atoms with Crippen LogP contribution >= 0.6 is 0 Å². The van der Waals surface area contributed by atoms with Crippen molar-refractivity contribution in [2.45, 2.75) is 38.5 Å². The normalized spacial score (nSPS) is 16.0. The molecule has 1 aromatic rings. The first-order chi connectivity index (χ1) is 13.3. The lowest BCUT2D eigenvalue weighted by atomic mass is 10.1. The number of likely N-dealkylation sites (tertiary alicyclic amines) is 1. The van der Waals surface area contributed by atoms with E-state index in [1.54, 1.807) is 24.0 Å². The highest BCUT2D eigenvalue weighted by Crippen LogP contribution is 2.19. The lowest BCUT2D eigenvalue weighted by Gasteiger charge is -2.31. The summed E-state index contributed by atoms with van der Waals surface area (Å²) in [5, 5.41) is 3.13. The molecule has 3 N–H and O–H groups in total. The summed E-state index contributed by atoms with van der Waals surface area (Å²) in [5.41, 5.74) is 6.70. The van der Waals surface area contributed by atoms with Crippen molar-refractivity contribution in [3.05, 3.63) is 29.8 Å². The second-order valence-electron chi connectivity index (χ2n) is 6.35. The summed E-state index contributed by atoms with van der Waals surface area (Å²) in [6.45, 7) is 2.27. The van der Waals surface area contributed by atoms with Crippen molar-refractivity contribution in [1.29, 1.82) is 0 Å². The Morgan fingerprint density at radius 1 is 1.29 bits per heavy atom. The number of carbonyl (C=O) groups is 1. The highest BCUT2D eigenvalue weighted by atomic mass is 19.4. The number of nitrogens with one attached hydrogen (secondary N) is 1. The zero-order chi connectivity index (χ0) is 20.6. The van der Waals surface area contributed by atoms with E-state index in [-0.39, 0.29) is 23.8 Å². The summed E-state index contributed by atoms with van der Waals surface area (Å²) >= 11 is 0. The van der Waals surface area contributed by atoms with E-state index in [2.05, 4.69) is 15.0 Å². The molecule has 1 saturated heterocycles. The highest BCUT2D eigenvalue weighted by Gasteiger charge is 2.28. The zero-order valence-electron chi connectivity index (χ0n) is 15.7. The van der Waals surface area contributed by atoms with Crippen molar-refractivity contribution in [2.75, 3.05) is 26.3 Å². The molecule has 10 heteroatoms. The molecule has 0 aliphatic carbocycles. The van der Waals surface area contributed by atoms with Crippen molar-refractivity contribution in [3.63, 3.8) is 0 Å². The maximum atomic E-state index is 12.1. The molecule has 1 fully saturated rings. The number of aliphatic imine (C=N–C) groups is 1. The summed E-state index contributed by atoms with van der Waals surface area (Å²) in [6.07, 6.45) is -3.19. The van der Waals surface area contributed by atoms with Crippen molar-refractivity contribution in [2.24, 2.45) is 10.7 Å². The lowest BCUT2D eigenvalue weighted by molar-refractivity contribution is -0.153. The number of hydrogen-bond donors (Lipinski definition) is 2. The van der Waals surface area contributed by atoms with E-state index in [1.807, 2.05) is 0 Å². The summed E-state index contributed by atoms with van der Waals surface area (Å²) in [6, 6.07) is 6.32. The predicted molar refractivity (Wildman–Crippen MR) is 98.1 cm³/mol. The topological polar surface area (TPSA) is 89.2 Å². The molecule has 1 aliphatic heterocycles. The first kappa shape index (κ1) is 21.6. The van der Waals surface area contributed by atoms with E-state index in [1.165, 1.54) is 12.1 Å². The van der Waals surface area contributed by atoms with E-state index in [0.717, 1.165) is 18.4 Å². The molecule has 0 unspecified atom stereocenters. The van der Waals surface area contributed by atoms with Crippen LogP contribution in [0.1, 0.15) is 25.3 Å². The Morgan fingerprint density at radius 2 is 1.93 bits per heavy atom. The molecule has 1 aromatic carbocycles. The summed E-state index contributed by atoms with van der Waals surface area (Å²) < 4.78 is 46.0. The quantitative estimate of drug-likeness (QED) is 0.564. The average molecular weight is 402 g/mol. The Kier molecular flexibility index (Phi) is 7.77. The minimum atomic E-state index is -4.37. The Balaban J connectivity index is 1.75. The molecule has 2 rings (SSSR count).